The molecule has 27 heavy (non-hydrogen) atoms. The largest absolute Gasteiger partial charge is 0.486 e. The number of halogens is 1. The van der Waals surface area contributed by atoms with Crippen LogP contribution in [0, 0.1) is 0 Å². The average molecular weight is 410 g/mol. The Morgan fingerprint density at radius 1 is 1.22 bits per heavy atom. The summed E-state index contributed by atoms with van der Waals surface area (Å²) in [6.07, 6.45) is 2.23. The molecule has 9 heteroatoms. The van der Waals surface area contributed by atoms with Gasteiger partial charge < -0.3 is 19.2 Å². The highest BCUT2D eigenvalue weighted by molar-refractivity contribution is 7.80. The molecule has 144 valence electrons. The van der Waals surface area contributed by atoms with Gasteiger partial charge in [0.15, 0.2) is 10.9 Å². The van der Waals surface area contributed by atoms with Gasteiger partial charge in [0.25, 0.3) is 0 Å². The number of rotatable bonds is 6. The minimum atomic E-state index is -0.436. The van der Waals surface area contributed by atoms with Crippen LogP contribution < -0.4 is 20.9 Å². The third-order valence-corrected chi connectivity index (χ3v) is 4.38. The van der Waals surface area contributed by atoms with Crippen molar-refractivity contribution in [3.05, 3.63) is 52.9 Å². The summed E-state index contributed by atoms with van der Waals surface area (Å²) in [6.45, 7) is 1.59. The number of furan rings is 1. The highest BCUT2D eigenvalue weighted by atomic mass is 35.5. The lowest BCUT2D eigenvalue weighted by atomic mass is 10.2. The van der Waals surface area contributed by atoms with Crippen molar-refractivity contribution in [3.8, 4) is 5.75 Å². The van der Waals surface area contributed by atoms with Crippen molar-refractivity contribution in [2.75, 3.05) is 13.2 Å². The van der Waals surface area contributed by atoms with Gasteiger partial charge in [-0.05, 0) is 61.5 Å². The molecular weight excluding hydrogens is 390 g/mol. The van der Waals surface area contributed by atoms with Gasteiger partial charge in [-0.25, -0.2) is 0 Å². The first-order chi connectivity index (χ1) is 13.1. The van der Waals surface area contributed by atoms with Crippen LogP contribution in [0.3, 0.4) is 0 Å². The third-order valence-electron chi connectivity index (χ3n) is 3.88. The molecule has 1 aliphatic heterocycles. The number of nitrogens with one attached hydrogen (secondary N) is 3. The summed E-state index contributed by atoms with van der Waals surface area (Å²) < 4.78 is 16.5. The van der Waals surface area contributed by atoms with E-state index in [9.17, 15) is 4.79 Å². The van der Waals surface area contributed by atoms with Crippen molar-refractivity contribution < 1.29 is 18.7 Å². The standard InChI is InChI=1S/C18H20ClN3O4S/c19-12-3-5-13(6-4-12)25-11-15-7-8-16(26-15)17(23)21-22-18(27)20-10-14-2-1-9-24-14/h3-8,14H,1-2,9-11H2,(H,21,23)(H2,20,22,27)/t14-/m1/s1. The van der Waals surface area contributed by atoms with E-state index < -0.39 is 5.91 Å². The molecule has 1 fully saturated rings. The van der Waals surface area contributed by atoms with Gasteiger partial charge in [-0.2, -0.15) is 0 Å². The highest BCUT2D eigenvalue weighted by Gasteiger charge is 2.16. The Bertz CT molecular complexity index is 775. The number of carbonyl (C=O) groups excluding carboxylic acids is 1. The molecule has 1 amide bonds. The van der Waals surface area contributed by atoms with Crippen LogP contribution in [0.15, 0.2) is 40.8 Å². The highest BCUT2D eigenvalue weighted by Crippen LogP contribution is 2.17. The SMILES string of the molecule is O=C(NNC(=S)NC[C@H]1CCCO1)c1ccc(COc2ccc(Cl)cc2)o1. The quantitative estimate of drug-likeness (QED) is 0.499. The molecule has 3 N–H and O–H groups in total. The second kappa shape index (κ2) is 9.59. The van der Waals surface area contributed by atoms with E-state index >= 15 is 0 Å². The van der Waals surface area contributed by atoms with Gasteiger partial charge in [-0.1, -0.05) is 11.6 Å². The molecule has 2 heterocycles. The number of benzene rings is 1. The van der Waals surface area contributed by atoms with Crippen LogP contribution in [-0.2, 0) is 11.3 Å². The van der Waals surface area contributed by atoms with Gasteiger partial charge in [0.2, 0.25) is 0 Å². The molecule has 7 nitrogen and oxygen atoms in total. The van der Waals surface area contributed by atoms with E-state index in [-0.39, 0.29) is 18.5 Å². The fourth-order valence-electron chi connectivity index (χ4n) is 2.49. The lowest BCUT2D eigenvalue weighted by Gasteiger charge is -2.14. The summed E-state index contributed by atoms with van der Waals surface area (Å²) in [6, 6.07) is 10.2. The van der Waals surface area contributed by atoms with Crippen molar-refractivity contribution >= 4 is 34.8 Å². The van der Waals surface area contributed by atoms with Gasteiger partial charge in [0.1, 0.15) is 18.1 Å². The molecule has 0 radical (unpaired) electrons. The number of amides is 1. The molecule has 1 atom stereocenters. The summed E-state index contributed by atoms with van der Waals surface area (Å²) in [5, 5.41) is 3.95. The van der Waals surface area contributed by atoms with Crippen molar-refractivity contribution in [2.45, 2.75) is 25.6 Å². The Kier molecular flexibility index (Phi) is 6.92. The Labute approximate surface area is 167 Å². The molecule has 0 spiro atoms. The van der Waals surface area contributed by atoms with Crippen LogP contribution in [0.4, 0.5) is 0 Å². The Morgan fingerprint density at radius 3 is 2.78 bits per heavy atom. The minimum absolute atomic E-state index is 0.152. The molecule has 1 aromatic heterocycles. The van der Waals surface area contributed by atoms with E-state index in [0.717, 1.165) is 19.4 Å². The number of hydrogen-bond donors (Lipinski definition) is 3. The van der Waals surface area contributed by atoms with Crippen LogP contribution >= 0.6 is 23.8 Å². The van der Waals surface area contributed by atoms with Gasteiger partial charge in [0, 0.05) is 18.2 Å². The molecule has 3 rings (SSSR count). The van der Waals surface area contributed by atoms with Gasteiger partial charge in [0.05, 0.1) is 6.10 Å². The lowest BCUT2D eigenvalue weighted by molar-refractivity contribution is 0.0911. The zero-order chi connectivity index (χ0) is 19.1. The Morgan fingerprint density at radius 2 is 2.04 bits per heavy atom. The molecule has 1 aromatic carbocycles. The first-order valence-electron chi connectivity index (χ1n) is 8.53. The maximum absolute atomic E-state index is 12.1. The minimum Gasteiger partial charge on any atom is -0.486 e. The molecule has 0 unspecified atom stereocenters. The first-order valence-corrected chi connectivity index (χ1v) is 9.31. The number of hydrazine groups is 1. The van der Waals surface area contributed by atoms with Gasteiger partial charge in [-0.15, -0.1) is 0 Å². The van der Waals surface area contributed by atoms with Crippen LogP contribution in [0.25, 0.3) is 0 Å². The van der Waals surface area contributed by atoms with E-state index in [1.807, 2.05) is 0 Å². The fourth-order valence-corrected chi connectivity index (χ4v) is 2.75. The summed E-state index contributed by atoms with van der Waals surface area (Å²) in [7, 11) is 0. The van der Waals surface area contributed by atoms with Crippen LogP contribution in [-0.4, -0.2) is 30.3 Å². The smallest absolute Gasteiger partial charge is 0.305 e. The summed E-state index contributed by atoms with van der Waals surface area (Å²) in [4.78, 5) is 12.1. The van der Waals surface area contributed by atoms with Crippen molar-refractivity contribution in [2.24, 2.45) is 0 Å². The zero-order valence-corrected chi connectivity index (χ0v) is 16.1. The maximum Gasteiger partial charge on any atom is 0.305 e. The Balaban J connectivity index is 1.39. The molecule has 0 bridgehead atoms. The third kappa shape index (κ3) is 6.13. The number of hydrogen-bond acceptors (Lipinski definition) is 5. The molecular formula is C18H20ClN3O4S. The maximum atomic E-state index is 12.1. The monoisotopic (exact) mass is 409 g/mol. The van der Waals surface area contributed by atoms with E-state index in [2.05, 4.69) is 16.2 Å². The predicted octanol–water partition coefficient (Wildman–Crippen LogP) is 2.80. The van der Waals surface area contributed by atoms with Gasteiger partial charge >= 0.3 is 5.91 Å². The second-order valence-corrected chi connectivity index (χ2v) is 6.78. The summed E-state index contributed by atoms with van der Waals surface area (Å²) in [5.41, 5.74) is 5.12. The van der Waals surface area contributed by atoms with Crippen molar-refractivity contribution in [1.29, 1.82) is 0 Å². The van der Waals surface area contributed by atoms with Gasteiger partial charge in [-0.3, -0.25) is 15.6 Å². The molecule has 2 aromatic rings. The topological polar surface area (TPSA) is 84.8 Å². The van der Waals surface area contributed by atoms with Crippen molar-refractivity contribution in [3.63, 3.8) is 0 Å². The van der Waals surface area contributed by atoms with Crippen LogP contribution in [0.2, 0.25) is 5.02 Å². The van der Waals surface area contributed by atoms with Crippen LogP contribution in [0.1, 0.15) is 29.2 Å². The van der Waals surface area contributed by atoms with E-state index in [4.69, 9.17) is 37.7 Å². The van der Waals surface area contributed by atoms with Crippen molar-refractivity contribution in [1.82, 2.24) is 16.2 Å². The number of thiocarbonyl (C=S) groups is 1. The first kappa shape index (κ1) is 19.5. The zero-order valence-electron chi connectivity index (χ0n) is 14.5. The molecule has 0 aliphatic carbocycles. The van der Waals surface area contributed by atoms with E-state index in [1.54, 1.807) is 36.4 Å². The second-order valence-electron chi connectivity index (χ2n) is 5.93. The van der Waals surface area contributed by atoms with E-state index in [0.29, 0.717) is 28.2 Å². The van der Waals surface area contributed by atoms with Crippen LogP contribution in [0.5, 0.6) is 5.75 Å². The fraction of sp³-hybridized carbons (Fsp3) is 0.333. The normalized spacial score (nSPS) is 16.0. The number of carbonyl (C=O) groups is 1. The summed E-state index contributed by atoms with van der Waals surface area (Å²) >= 11 is 10.9. The lowest BCUT2D eigenvalue weighted by Crippen LogP contribution is -2.48. The molecule has 1 aliphatic rings. The Hall–Kier alpha value is -2.29. The van der Waals surface area contributed by atoms with E-state index in [1.165, 1.54) is 0 Å². The average Bonchev–Trinajstić information content (AvgIpc) is 3.36. The number of ether oxygens (including phenoxy) is 2. The summed E-state index contributed by atoms with van der Waals surface area (Å²) in [5.74, 6) is 0.897. The molecule has 0 saturated carbocycles. The predicted molar refractivity (Wildman–Crippen MR) is 105 cm³/mol. The molecule has 1 saturated heterocycles.